The van der Waals surface area contributed by atoms with E-state index in [0.29, 0.717) is 29.0 Å². The minimum atomic E-state index is -0.933. The molecule has 4 aromatic rings. The van der Waals surface area contributed by atoms with Crippen LogP contribution in [0.25, 0.3) is 11.1 Å². The first-order valence-electron chi connectivity index (χ1n) is 15.4. The predicted molar refractivity (Wildman–Crippen MR) is 168 cm³/mol. The summed E-state index contributed by atoms with van der Waals surface area (Å²) in [5.41, 5.74) is 3.71. The van der Waals surface area contributed by atoms with Gasteiger partial charge < -0.3 is 10.1 Å². The minimum Gasteiger partial charge on any atom is -0.457 e. The maximum atomic E-state index is 13.9. The molecule has 9 rings (SSSR count). The van der Waals surface area contributed by atoms with Gasteiger partial charge in [-0.3, -0.25) is 19.3 Å². The van der Waals surface area contributed by atoms with Crippen LogP contribution in [-0.4, -0.2) is 28.7 Å². The van der Waals surface area contributed by atoms with Crippen LogP contribution < -0.4 is 10.1 Å². The molecule has 0 unspecified atom stereocenters. The molecule has 5 aliphatic rings. The molecule has 218 valence electrons. The second-order valence-corrected chi connectivity index (χ2v) is 12.4. The normalized spacial score (nSPS) is 26.6. The van der Waals surface area contributed by atoms with Crippen LogP contribution in [0.5, 0.6) is 11.5 Å². The van der Waals surface area contributed by atoms with Gasteiger partial charge >= 0.3 is 0 Å². The number of nitrogens with zero attached hydrogens (tertiary/aromatic N) is 1. The number of nitrogens with one attached hydrogen (secondary N) is 1. The Morgan fingerprint density at radius 1 is 0.705 bits per heavy atom. The number of amides is 3. The van der Waals surface area contributed by atoms with Gasteiger partial charge in [0, 0.05) is 12.1 Å². The number of ether oxygens (including phenoxy) is 1. The van der Waals surface area contributed by atoms with E-state index in [0.717, 1.165) is 23.1 Å². The quantitative estimate of drug-likeness (QED) is 0.185. The van der Waals surface area contributed by atoms with Gasteiger partial charge in [0.05, 0.1) is 11.8 Å². The predicted octanol–water partition coefficient (Wildman–Crippen LogP) is 6.75. The molecule has 6 nitrogen and oxygen atoms in total. The zero-order valence-corrected chi connectivity index (χ0v) is 24.1. The van der Waals surface area contributed by atoms with Crippen molar-refractivity contribution in [1.82, 2.24) is 4.90 Å². The van der Waals surface area contributed by atoms with Gasteiger partial charge in [0.2, 0.25) is 17.7 Å². The van der Waals surface area contributed by atoms with Crippen molar-refractivity contribution in [2.45, 2.75) is 18.9 Å². The van der Waals surface area contributed by atoms with Gasteiger partial charge in [-0.2, -0.15) is 0 Å². The van der Waals surface area contributed by atoms with E-state index in [1.54, 1.807) is 24.3 Å². The summed E-state index contributed by atoms with van der Waals surface area (Å²) in [6, 6.07) is 33.8. The van der Waals surface area contributed by atoms with Crippen LogP contribution in [0.15, 0.2) is 121 Å². The van der Waals surface area contributed by atoms with Crippen LogP contribution in [0, 0.1) is 35.5 Å². The monoisotopic (exact) mass is 580 g/mol. The number of benzene rings is 4. The molecule has 7 atom stereocenters. The molecule has 2 saturated carbocycles. The standard InChI is InChI=1S/C38H32N2O4/c41-36(39-26-13-17-28(18-14-26)44-27-15-11-25(12-16-27)24-9-5-2-6-10-24)33(21-23-7-3-1-4-8-23)40-37(42)34-29-19-20-30(32-22-31(29)32)35(34)38(40)43/h1-20,29-35H,21-22H2,(H,39,41)/t29-,30-,31-,32+,33-,34+,35+/m1/s1. The number of hydrogen-bond donors (Lipinski definition) is 1. The summed E-state index contributed by atoms with van der Waals surface area (Å²) >= 11 is 0. The Kier molecular flexibility index (Phi) is 6.44. The summed E-state index contributed by atoms with van der Waals surface area (Å²) in [5.74, 6) is 1.13. The zero-order valence-electron chi connectivity index (χ0n) is 24.1. The number of likely N-dealkylation sites (tertiary alicyclic amines) is 1. The number of hydrogen-bond acceptors (Lipinski definition) is 4. The molecule has 0 radical (unpaired) electrons. The fourth-order valence-corrected chi connectivity index (χ4v) is 7.74. The summed E-state index contributed by atoms with van der Waals surface area (Å²) in [6.45, 7) is 0. The maximum Gasteiger partial charge on any atom is 0.248 e. The third-order valence-electron chi connectivity index (χ3n) is 9.90. The lowest BCUT2D eigenvalue weighted by atomic mass is 9.63. The van der Waals surface area contributed by atoms with Crippen molar-refractivity contribution in [3.05, 3.63) is 127 Å². The molecule has 1 heterocycles. The van der Waals surface area contributed by atoms with Crippen molar-refractivity contribution in [2.75, 3.05) is 5.32 Å². The Hall–Kier alpha value is -4.97. The third kappa shape index (κ3) is 4.62. The highest BCUT2D eigenvalue weighted by Gasteiger charge is 2.67. The van der Waals surface area contributed by atoms with E-state index in [9.17, 15) is 14.4 Å². The first-order valence-corrected chi connectivity index (χ1v) is 15.4. The van der Waals surface area contributed by atoms with E-state index in [-0.39, 0.29) is 47.8 Å². The fourth-order valence-electron chi connectivity index (χ4n) is 7.74. The second kappa shape index (κ2) is 10.6. The highest BCUT2D eigenvalue weighted by Crippen LogP contribution is 2.65. The largest absolute Gasteiger partial charge is 0.457 e. The molecule has 1 aliphatic heterocycles. The molecule has 1 N–H and O–H groups in total. The molecule has 6 heteroatoms. The highest BCUT2D eigenvalue weighted by molar-refractivity contribution is 6.10. The third-order valence-corrected chi connectivity index (χ3v) is 9.90. The second-order valence-electron chi connectivity index (χ2n) is 12.4. The van der Waals surface area contributed by atoms with Gasteiger partial charge in [-0.1, -0.05) is 84.9 Å². The average molecular weight is 581 g/mol. The Bertz CT molecular complexity index is 1710. The van der Waals surface area contributed by atoms with Crippen molar-refractivity contribution in [2.24, 2.45) is 35.5 Å². The Morgan fingerprint density at radius 3 is 1.82 bits per heavy atom. The molecule has 4 aliphatic carbocycles. The van der Waals surface area contributed by atoms with Crippen molar-refractivity contribution >= 4 is 23.4 Å². The fraction of sp³-hybridized carbons (Fsp3) is 0.237. The van der Waals surface area contributed by atoms with Gasteiger partial charge in [0.1, 0.15) is 17.5 Å². The molecule has 3 amide bonds. The van der Waals surface area contributed by atoms with E-state index < -0.39 is 6.04 Å². The van der Waals surface area contributed by atoms with Gasteiger partial charge in [-0.05, 0) is 83.2 Å². The van der Waals surface area contributed by atoms with Crippen LogP contribution in [0.1, 0.15) is 12.0 Å². The molecule has 1 saturated heterocycles. The van der Waals surface area contributed by atoms with Gasteiger partial charge in [0.25, 0.3) is 0 Å². The van der Waals surface area contributed by atoms with Crippen molar-refractivity contribution in [3.8, 4) is 22.6 Å². The number of rotatable bonds is 8. The van der Waals surface area contributed by atoms with Crippen LogP contribution >= 0.6 is 0 Å². The van der Waals surface area contributed by atoms with Crippen LogP contribution in [0.4, 0.5) is 5.69 Å². The van der Waals surface area contributed by atoms with Crippen LogP contribution in [0.3, 0.4) is 0 Å². The van der Waals surface area contributed by atoms with Crippen LogP contribution in [-0.2, 0) is 20.8 Å². The van der Waals surface area contributed by atoms with E-state index in [4.69, 9.17) is 4.74 Å². The number of anilines is 1. The zero-order chi connectivity index (χ0) is 29.8. The Morgan fingerprint density at radius 2 is 1.23 bits per heavy atom. The molecule has 0 spiro atoms. The van der Waals surface area contributed by atoms with Crippen molar-refractivity contribution < 1.29 is 19.1 Å². The van der Waals surface area contributed by atoms with E-state index >= 15 is 0 Å². The summed E-state index contributed by atoms with van der Waals surface area (Å²) < 4.78 is 6.04. The molecule has 2 bridgehead atoms. The lowest BCUT2D eigenvalue weighted by Gasteiger charge is -2.37. The highest BCUT2D eigenvalue weighted by atomic mass is 16.5. The number of imide groups is 1. The van der Waals surface area contributed by atoms with Gasteiger partial charge in [-0.25, -0.2) is 0 Å². The first kappa shape index (κ1) is 26.6. The molecule has 0 aromatic heterocycles. The number of carbonyl (C=O) groups is 3. The molecular formula is C38H32N2O4. The Balaban J connectivity index is 0.991. The topological polar surface area (TPSA) is 75.7 Å². The maximum absolute atomic E-state index is 13.9. The lowest BCUT2D eigenvalue weighted by molar-refractivity contribution is -0.146. The summed E-state index contributed by atoms with van der Waals surface area (Å²) in [6.07, 6.45) is 5.67. The van der Waals surface area contributed by atoms with Crippen molar-refractivity contribution in [1.29, 1.82) is 0 Å². The smallest absolute Gasteiger partial charge is 0.248 e. The van der Waals surface area contributed by atoms with Crippen LogP contribution in [0.2, 0.25) is 0 Å². The van der Waals surface area contributed by atoms with Crippen molar-refractivity contribution in [3.63, 3.8) is 0 Å². The SMILES string of the molecule is O=C(Nc1ccc(Oc2ccc(-c3ccccc3)cc2)cc1)[C@@H](Cc1ccccc1)N1C(=O)[C@H]2[C@@H]3C=C[C@H]([C@@H]4C[C@H]34)[C@@H]2C1=O. The van der Waals surface area contributed by atoms with E-state index in [1.165, 1.54) is 4.90 Å². The van der Waals surface area contributed by atoms with Gasteiger partial charge in [0.15, 0.2) is 0 Å². The molecule has 3 fully saturated rings. The Labute approximate surface area is 256 Å². The van der Waals surface area contributed by atoms with E-state index in [1.807, 2.05) is 72.8 Å². The lowest BCUT2D eigenvalue weighted by Crippen LogP contribution is -2.49. The minimum absolute atomic E-state index is 0.110. The molecular weight excluding hydrogens is 548 g/mol. The van der Waals surface area contributed by atoms with Gasteiger partial charge in [-0.15, -0.1) is 0 Å². The molecule has 4 aromatic carbocycles. The summed E-state index contributed by atoms with van der Waals surface area (Å²) in [5, 5.41) is 2.98. The number of allylic oxidation sites excluding steroid dienone is 2. The summed E-state index contributed by atoms with van der Waals surface area (Å²) in [4.78, 5) is 42.9. The first-order chi connectivity index (χ1) is 21.5. The van der Waals surface area contributed by atoms with E-state index in [2.05, 4.69) is 29.6 Å². The summed E-state index contributed by atoms with van der Waals surface area (Å²) in [7, 11) is 0. The number of carbonyl (C=O) groups excluding carboxylic acids is 3. The average Bonchev–Trinajstić information content (AvgIpc) is 3.85. The molecule has 44 heavy (non-hydrogen) atoms.